The smallest absolute Gasteiger partial charge is 0.264 e. The highest BCUT2D eigenvalue weighted by Gasteiger charge is 2.31. The average molecular weight is 349 g/mol. The molecule has 0 N–H and O–H groups in total. The predicted molar refractivity (Wildman–Crippen MR) is 84.1 cm³/mol. The summed E-state index contributed by atoms with van der Waals surface area (Å²) in [4.78, 5) is 14.2. The number of nitrogens with zero attached hydrogens (tertiary/aromatic N) is 2. The molecule has 0 spiro atoms. The van der Waals surface area contributed by atoms with Crippen LogP contribution in [0.1, 0.15) is 11.3 Å². The van der Waals surface area contributed by atoms with Gasteiger partial charge in [0.15, 0.2) is 6.10 Å². The van der Waals surface area contributed by atoms with Crippen LogP contribution in [-0.2, 0) is 24.8 Å². The Kier molecular flexibility index (Phi) is 3.76. The van der Waals surface area contributed by atoms with Gasteiger partial charge in [-0.05, 0) is 33.6 Å². The molecule has 0 radical (unpaired) electrons. The van der Waals surface area contributed by atoms with E-state index in [1.54, 1.807) is 4.90 Å². The fraction of sp³-hybridized carbons (Fsp3) is 0.312. The summed E-state index contributed by atoms with van der Waals surface area (Å²) in [6.45, 7) is 0.567. The quantitative estimate of drug-likeness (QED) is 0.854. The zero-order chi connectivity index (χ0) is 15.0. The Balaban J connectivity index is 1.68. The molecule has 3 rings (SSSR count). The second-order valence-electron chi connectivity index (χ2n) is 5.37. The fourth-order valence-electron chi connectivity index (χ4n) is 2.61. The molecule has 1 aromatic heterocycles. The van der Waals surface area contributed by atoms with Gasteiger partial charge in [-0.15, -0.1) is 0 Å². The molecular weight excluding hydrogens is 332 g/mol. The van der Waals surface area contributed by atoms with Crippen molar-refractivity contribution in [3.8, 4) is 5.75 Å². The van der Waals surface area contributed by atoms with Gasteiger partial charge in [-0.3, -0.25) is 4.79 Å². The Labute approximate surface area is 132 Å². The highest BCUT2D eigenvalue weighted by Crippen LogP contribution is 2.29. The van der Waals surface area contributed by atoms with Crippen LogP contribution in [0.15, 0.2) is 41.0 Å². The molecule has 1 unspecified atom stereocenters. The van der Waals surface area contributed by atoms with Crippen LogP contribution in [0.25, 0.3) is 0 Å². The number of ether oxygens (including phenoxy) is 1. The van der Waals surface area contributed by atoms with E-state index in [4.69, 9.17) is 4.74 Å². The molecule has 110 valence electrons. The molecule has 0 aliphatic carbocycles. The number of aryl methyl sites for hydroxylation is 1. The zero-order valence-electron chi connectivity index (χ0n) is 12.0. The van der Waals surface area contributed by atoms with E-state index in [9.17, 15) is 4.79 Å². The van der Waals surface area contributed by atoms with Crippen molar-refractivity contribution in [2.45, 2.75) is 19.1 Å². The van der Waals surface area contributed by atoms with Crippen molar-refractivity contribution in [3.63, 3.8) is 0 Å². The van der Waals surface area contributed by atoms with Crippen LogP contribution in [0.3, 0.4) is 0 Å². The lowest BCUT2D eigenvalue weighted by Gasteiger charge is -2.21. The molecule has 1 aliphatic rings. The summed E-state index contributed by atoms with van der Waals surface area (Å²) in [6.07, 6.45) is 2.22. The van der Waals surface area contributed by atoms with Crippen molar-refractivity contribution in [1.29, 1.82) is 0 Å². The molecule has 21 heavy (non-hydrogen) atoms. The Morgan fingerprint density at radius 2 is 2.24 bits per heavy atom. The van der Waals surface area contributed by atoms with Crippen LogP contribution in [0.5, 0.6) is 5.75 Å². The van der Waals surface area contributed by atoms with Gasteiger partial charge in [0.1, 0.15) is 5.75 Å². The number of hydrogen-bond donors (Lipinski definition) is 0. The Morgan fingerprint density at radius 1 is 1.48 bits per heavy atom. The number of rotatable bonds is 3. The van der Waals surface area contributed by atoms with E-state index in [2.05, 4.69) is 15.9 Å². The number of aromatic nitrogens is 1. The summed E-state index contributed by atoms with van der Waals surface area (Å²) in [6, 6.07) is 9.85. The van der Waals surface area contributed by atoms with Crippen LogP contribution in [0.4, 0.5) is 0 Å². The van der Waals surface area contributed by atoms with Gasteiger partial charge < -0.3 is 14.2 Å². The molecule has 5 heteroatoms. The van der Waals surface area contributed by atoms with Crippen molar-refractivity contribution in [2.24, 2.45) is 7.05 Å². The van der Waals surface area contributed by atoms with E-state index in [1.807, 2.05) is 55.2 Å². The third kappa shape index (κ3) is 2.83. The van der Waals surface area contributed by atoms with Gasteiger partial charge in [0, 0.05) is 36.9 Å². The van der Waals surface area contributed by atoms with E-state index in [1.165, 1.54) is 0 Å². The molecule has 4 nitrogen and oxygen atoms in total. The molecule has 0 saturated carbocycles. The maximum absolute atomic E-state index is 12.5. The summed E-state index contributed by atoms with van der Waals surface area (Å²) in [5, 5.41) is 0. The molecule has 2 heterocycles. The van der Waals surface area contributed by atoms with Gasteiger partial charge in [-0.2, -0.15) is 0 Å². The molecule has 1 amide bonds. The molecule has 2 aromatic rings. The van der Waals surface area contributed by atoms with Gasteiger partial charge in [-0.25, -0.2) is 0 Å². The number of fused-ring (bicyclic) bond motifs is 1. The predicted octanol–water partition coefficient (Wildman–Crippen LogP) is 2.75. The summed E-state index contributed by atoms with van der Waals surface area (Å²) in [5.74, 6) is 0.842. The molecular formula is C16H17BrN2O2. The second-order valence-corrected chi connectivity index (χ2v) is 6.29. The first-order chi connectivity index (χ1) is 10.0. The van der Waals surface area contributed by atoms with Crippen LogP contribution < -0.4 is 4.74 Å². The van der Waals surface area contributed by atoms with E-state index in [0.717, 1.165) is 21.5 Å². The number of hydrogen-bond acceptors (Lipinski definition) is 2. The van der Waals surface area contributed by atoms with E-state index in [-0.39, 0.29) is 5.91 Å². The van der Waals surface area contributed by atoms with Gasteiger partial charge in [0.25, 0.3) is 5.91 Å². The molecule has 0 saturated heterocycles. The molecule has 0 bridgehead atoms. The molecule has 1 aromatic carbocycles. The summed E-state index contributed by atoms with van der Waals surface area (Å²) in [7, 11) is 3.79. The van der Waals surface area contributed by atoms with E-state index >= 15 is 0 Å². The van der Waals surface area contributed by atoms with Crippen molar-refractivity contribution in [1.82, 2.24) is 9.47 Å². The normalized spacial score (nSPS) is 16.4. The zero-order valence-corrected chi connectivity index (χ0v) is 13.6. The number of carbonyl (C=O) groups excluding carboxylic acids is 1. The number of amides is 1. The minimum Gasteiger partial charge on any atom is -0.480 e. The van der Waals surface area contributed by atoms with Gasteiger partial charge >= 0.3 is 0 Å². The minimum atomic E-state index is -0.406. The summed E-state index contributed by atoms with van der Waals surface area (Å²) < 4.78 is 8.79. The topological polar surface area (TPSA) is 34.5 Å². The molecule has 1 atom stereocenters. The lowest BCUT2D eigenvalue weighted by molar-refractivity contribution is -0.137. The monoisotopic (exact) mass is 348 g/mol. The first-order valence-corrected chi connectivity index (χ1v) is 7.64. The second kappa shape index (κ2) is 5.56. The number of likely N-dealkylation sites (N-methyl/N-ethyl adjacent to an activating group) is 1. The number of benzene rings is 1. The standard InChI is InChI=1S/C16H17BrN2O2/c1-18-9-12(17)8-13(18)10-19(2)16(20)15-7-11-5-3-4-6-14(11)21-15/h3-6,8-9,15H,7,10H2,1-2H3. The van der Waals surface area contributed by atoms with E-state index in [0.29, 0.717) is 13.0 Å². The third-order valence-corrected chi connectivity index (χ3v) is 4.21. The summed E-state index contributed by atoms with van der Waals surface area (Å²) >= 11 is 3.45. The maximum Gasteiger partial charge on any atom is 0.264 e. The Morgan fingerprint density at radius 3 is 2.90 bits per heavy atom. The highest BCUT2D eigenvalue weighted by atomic mass is 79.9. The van der Waals surface area contributed by atoms with Crippen molar-refractivity contribution >= 4 is 21.8 Å². The lowest BCUT2D eigenvalue weighted by atomic mass is 10.1. The highest BCUT2D eigenvalue weighted by molar-refractivity contribution is 9.10. The van der Waals surface area contributed by atoms with Gasteiger partial charge in [0.2, 0.25) is 0 Å². The first-order valence-electron chi connectivity index (χ1n) is 6.85. The van der Waals surface area contributed by atoms with Crippen molar-refractivity contribution in [2.75, 3.05) is 7.05 Å². The average Bonchev–Trinajstić information content (AvgIpc) is 3.01. The first kappa shape index (κ1) is 14.2. The number of carbonyl (C=O) groups is 1. The third-order valence-electron chi connectivity index (χ3n) is 3.77. The van der Waals surface area contributed by atoms with Gasteiger partial charge in [-0.1, -0.05) is 18.2 Å². The SMILES string of the molecule is CN(Cc1cc(Br)cn1C)C(=O)C1Cc2ccccc2O1. The maximum atomic E-state index is 12.5. The van der Waals surface area contributed by atoms with Gasteiger partial charge in [0.05, 0.1) is 6.54 Å². The Hall–Kier alpha value is -1.75. The van der Waals surface area contributed by atoms with Crippen LogP contribution in [0.2, 0.25) is 0 Å². The van der Waals surface area contributed by atoms with Crippen molar-refractivity contribution in [3.05, 3.63) is 52.3 Å². The largest absolute Gasteiger partial charge is 0.480 e. The summed E-state index contributed by atoms with van der Waals surface area (Å²) in [5.41, 5.74) is 2.18. The molecule has 0 fully saturated rings. The fourth-order valence-corrected chi connectivity index (χ4v) is 3.18. The van der Waals surface area contributed by atoms with Crippen LogP contribution in [0, 0.1) is 0 Å². The van der Waals surface area contributed by atoms with E-state index < -0.39 is 6.10 Å². The minimum absolute atomic E-state index is 0.0172. The lowest BCUT2D eigenvalue weighted by Crippen LogP contribution is -2.38. The Bertz CT molecular complexity index is 656. The van der Waals surface area contributed by atoms with Crippen LogP contribution >= 0.6 is 15.9 Å². The van der Waals surface area contributed by atoms with Crippen molar-refractivity contribution < 1.29 is 9.53 Å². The number of para-hydroxylation sites is 1. The number of halogens is 1. The van der Waals surface area contributed by atoms with Crippen LogP contribution in [-0.4, -0.2) is 28.5 Å². The molecule has 1 aliphatic heterocycles.